The maximum Gasteiger partial charge on any atom is 0.130 e. The summed E-state index contributed by atoms with van der Waals surface area (Å²) >= 11 is 0. The maximum atomic E-state index is 6.22. The summed E-state index contributed by atoms with van der Waals surface area (Å²) in [4.78, 5) is 11.6. The molecule has 0 N–H and O–H groups in total. The first kappa shape index (κ1) is 20.5. The van der Waals surface area contributed by atoms with Gasteiger partial charge in [-0.1, -0.05) is 18.2 Å². The minimum Gasteiger partial charge on any atom is -0.457 e. The lowest BCUT2D eigenvalue weighted by Crippen LogP contribution is -2.23. The minimum atomic E-state index is 0.751. The molecule has 0 spiro atoms. The molecule has 0 saturated carbocycles. The summed E-state index contributed by atoms with van der Waals surface area (Å²) in [5, 5.41) is 1.25. The van der Waals surface area contributed by atoms with Crippen molar-refractivity contribution in [1.82, 2.24) is 19.0 Å². The Morgan fingerprint density at radius 1 is 0.882 bits per heavy atom. The van der Waals surface area contributed by atoms with Crippen molar-refractivity contribution in [2.75, 3.05) is 20.1 Å². The van der Waals surface area contributed by atoms with Crippen molar-refractivity contribution in [3.63, 3.8) is 0 Å². The van der Waals surface area contributed by atoms with Gasteiger partial charge in [-0.25, -0.2) is 4.98 Å². The molecule has 1 aliphatic rings. The van der Waals surface area contributed by atoms with Crippen LogP contribution in [0.3, 0.4) is 0 Å². The van der Waals surface area contributed by atoms with Crippen molar-refractivity contribution in [2.24, 2.45) is 12.0 Å². The maximum absolute atomic E-state index is 6.22. The number of ether oxygens (including phenoxy) is 1. The highest BCUT2D eigenvalue weighted by Crippen LogP contribution is 2.28. The standard InChI is InChI=1S/C28H27N5O/c1-19-30-25-13-12-24(34-23-10-8-20(9-11-23)28-29-14-15-31(28)2)17-27(25)33(19)18-22-16-21-6-4-5-7-26(21)32(22)3/h4-13,16-17H,14-15,18H2,1-3H3. The summed E-state index contributed by atoms with van der Waals surface area (Å²) in [6, 6.07) is 25.0. The molecule has 170 valence electrons. The minimum absolute atomic E-state index is 0.751. The molecule has 6 nitrogen and oxygen atoms in total. The molecule has 3 heterocycles. The second-order valence-corrected chi connectivity index (χ2v) is 8.90. The second kappa shape index (κ2) is 8.06. The third kappa shape index (κ3) is 3.52. The van der Waals surface area contributed by atoms with Gasteiger partial charge in [0.15, 0.2) is 0 Å². The topological polar surface area (TPSA) is 47.6 Å². The molecule has 1 aliphatic heterocycles. The lowest BCUT2D eigenvalue weighted by Gasteiger charge is -2.14. The Morgan fingerprint density at radius 2 is 1.68 bits per heavy atom. The summed E-state index contributed by atoms with van der Waals surface area (Å²) < 4.78 is 10.7. The Hall–Kier alpha value is -4.06. The molecule has 34 heavy (non-hydrogen) atoms. The molecular weight excluding hydrogens is 422 g/mol. The zero-order chi connectivity index (χ0) is 23.2. The van der Waals surface area contributed by atoms with E-state index in [1.165, 1.54) is 16.6 Å². The molecule has 5 aromatic rings. The fourth-order valence-corrected chi connectivity index (χ4v) is 4.80. The van der Waals surface area contributed by atoms with Gasteiger partial charge in [-0.3, -0.25) is 4.99 Å². The monoisotopic (exact) mass is 449 g/mol. The third-order valence-corrected chi connectivity index (χ3v) is 6.69. The van der Waals surface area contributed by atoms with Gasteiger partial charge in [0.05, 0.1) is 24.1 Å². The Labute approximate surface area is 198 Å². The molecule has 3 aromatic carbocycles. The summed E-state index contributed by atoms with van der Waals surface area (Å²) in [6.07, 6.45) is 0. The van der Waals surface area contributed by atoms with Crippen molar-refractivity contribution in [3.05, 3.63) is 89.9 Å². The normalized spacial score (nSPS) is 13.7. The fourth-order valence-electron chi connectivity index (χ4n) is 4.80. The Bertz CT molecular complexity index is 1540. The van der Waals surface area contributed by atoms with Crippen molar-refractivity contribution in [2.45, 2.75) is 13.5 Å². The quantitative estimate of drug-likeness (QED) is 0.362. The number of aromatic nitrogens is 3. The molecular formula is C28H27N5O. The molecule has 0 amide bonds. The summed E-state index contributed by atoms with van der Waals surface area (Å²) in [6.45, 7) is 4.64. The Kier molecular flexibility index (Phi) is 4.87. The second-order valence-electron chi connectivity index (χ2n) is 8.90. The van der Waals surface area contributed by atoms with Gasteiger partial charge in [-0.2, -0.15) is 0 Å². The summed E-state index contributed by atoms with van der Waals surface area (Å²) in [7, 11) is 4.20. The number of fused-ring (bicyclic) bond motifs is 2. The first-order valence-corrected chi connectivity index (χ1v) is 11.6. The number of rotatable bonds is 5. The number of para-hydroxylation sites is 1. The predicted molar refractivity (Wildman–Crippen MR) is 137 cm³/mol. The molecule has 0 saturated heterocycles. The molecule has 6 heteroatoms. The number of nitrogens with zero attached hydrogens (tertiary/aromatic N) is 5. The van der Waals surface area contributed by atoms with Crippen LogP contribution in [-0.2, 0) is 13.6 Å². The van der Waals surface area contributed by atoms with Gasteiger partial charge in [-0.05, 0) is 60.8 Å². The van der Waals surface area contributed by atoms with E-state index < -0.39 is 0 Å². The van der Waals surface area contributed by atoms with Gasteiger partial charge in [0.25, 0.3) is 0 Å². The molecule has 0 bridgehead atoms. The van der Waals surface area contributed by atoms with E-state index in [2.05, 4.69) is 88.6 Å². The average Bonchev–Trinajstić information content (AvgIpc) is 3.51. The van der Waals surface area contributed by atoms with Crippen molar-refractivity contribution in [1.29, 1.82) is 0 Å². The van der Waals surface area contributed by atoms with E-state index in [-0.39, 0.29) is 0 Å². The number of amidine groups is 1. The van der Waals surface area contributed by atoms with Crippen LogP contribution >= 0.6 is 0 Å². The summed E-state index contributed by atoms with van der Waals surface area (Å²) in [5.74, 6) is 3.64. The van der Waals surface area contributed by atoms with Crippen LogP contribution < -0.4 is 4.74 Å². The van der Waals surface area contributed by atoms with E-state index >= 15 is 0 Å². The molecule has 6 rings (SSSR count). The summed E-state index contributed by atoms with van der Waals surface area (Å²) in [5.41, 5.74) is 5.64. The van der Waals surface area contributed by atoms with Gasteiger partial charge in [0, 0.05) is 43.5 Å². The van der Waals surface area contributed by atoms with Crippen molar-refractivity contribution >= 4 is 27.8 Å². The smallest absolute Gasteiger partial charge is 0.130 e. The average molecular weight is 450 g/mol. The molecule has 0 fully saturated rings. The number of hydrogen-bond donors (Lipinski definition) is 0. The number of imidazole rings is 1. The van der Waals surface area contributed by atoms with Crippen LogP contribution in [0.5, 0.6) is 11.5 Å². The van der Waals surface area contributed by atoms with E-state index in [0.29, 0.717) is 0 Å². The molecule has 0 aliphatic carbocycles. The van der Waals surface area contributed by atoms with Gasteiger partial charge in [0.2, 0.25) is 0 Å². The van der Waals surface area contributed by atoms with Gasteiger partial charge in [0.1, 0.15) is 23.2 Å². The SMILES string of the molecule is Cc1nc2ccc(Oc3ccc(C4=NCCN4C)cc3)cc2n1Cc1cc2ccccc2n1C. The number of aryl methyl sites for hydroxylation is 2. The van der Waals surface area contributed by atoms with E-state index in [1.807, 2.05) is 24.3 Å². The lowest BCUT2D eigenvalue weighted by molar-refractivity contribution is 0.483. The van der Waals surface area contributed by atoms with E-state index in [9.17, 15) is 0 Å². The largest absolute Gasteiger partial charge is 0.457 e. The number of likely N-dealkylation sites (N-methyl/N-ethyl adjacent to an activating group) is 1. The van der Waals surface area contributed by atoms with Gasteiger partial charge in [-0.15, -0.1) is 0 Å². The fraction of sp³-hybridized carbons (Fsp3) is 0.214. The van der Waals surface area contributed by atoms with Crippen LogP contribution in [0.4, 0.5) is 0 Å². The zero-order valence-corrected chi connectivity index (χ0v) is 19.7. The lowest BCUT2D eigenvalue weighted by atomic mass is 10.2. The Balaban J connectivity index is 1.29. The number of hydrogen-bond acceptors (Lipinski definition) is 4. The van der Waals surface area contributed by atoms with Crippen LogP contribution in [-0.4, -0.2) is 45.0 Å². The number of benzene rings is 3. The van der Waals surface area contributed by atoms with Crippen LogP contribution in [0.25, 0.3) is 21.9 Å². The van der Waals surface area contributed by atoms with E-state index in [1.54, 1.807) is 0 Å². The first-order chi connectivity index (χ1) is 16.6. The highest BCUT2D eigenvalue weighted by molar-refractivity contribution is 5.99. The number of aliphatic imine (C=N–C) groups is 1. The first-order valence-electron chi connectivity index (χ1n) is 11.6. The van der Waals surface area contributed by atoms with Crippen LogP contribution in [0, 0.1) is 6.92 Å². The van der Waals surface area contributed by atoms with Crippen LogP contribution in [0.1, 0.15) is 17.1 Å². The van der Waals surface area contributed by atoms with Gasteiger partial charge >= 0.3 is 0 Å². The predicted octanol–water partition coefficient (Wildman–Crippen LogP) is 5.37. The van der Waals surface area contributed by atoms with Crippen LogP contribution in [0.2, 0.25) is 0 Å². The molecule has 0 unspecified atom stereocenters. The van der Waals surface area contributed by atoms with E-state index in [4.69, 9.17) is 9.72 Å². The highest BCUT2D eigenvalue weighted by atomic mass is 16.5. The molecule has 2 aromatic heterocycles. The highest BCUT2D eigenvalue weighted by Gasteiger charge is 2.15. The van der Waals surface area contributed by atoms with Gasteiger partial charge < -0.3 is 18.8 Å². The molecule has 0 atom stereocenters. The van der Waals surface area contributed by atoms with Crippen LogP contribution in [0.15, 0.2) is 77.8 Å². The Morgan fingerprint density at radius 3 is 2.44 bits per heavy atom. The van der Waals surface area contributed by atoms with E-state index in [0.717, 1.165) is 59.4 Å². The third-order valence-electron chi connectivity index (χ3n) is 6.69. The molecule has 0 radical (unpaired) electrons. The zero-order valence-electron chi connectivity index (χ0n) is 19.7. The van der Waals surface area contributed by atoms with Crippen molar-refractivity contribution in [3.8, 4) is 11.5 Å². The van der Waals surface area contributed by atoms with Crippen molar-refractivity contribution < 1.29 is 4.74 Å².